The minimum Gasteiger partial charge on any atom is -0.358 e. The summed E-state index contributed by atoms with van der Waals surface area (Å²) < 4.78 is 0. The largest absolute Gasteiger partial charge is 0.358 e. The maximum Gasteiger partial charge on any atom is 0.256 e. The van der Waals surface area contributed by atoms with Crippen molar-refractivity contribution in [2.24, 2.45) is 0 Å². The topological polar surface area (TPSA) is 94.3 Å². The molecule has 1 saturated heterocycles. The van der Waals surface area contributed by atoms with Gasteiger partial charge in [0.25, 0.3) is 11.8 Å². The first-order valence-electron chi connectivity index (χ1n) is 10.4. The van der Waals surface area contributed by atoms with Crippen LogP contribution in [0.5, 0.6) is 0 Å². The molecule has 0 atom stereocenters. The highest BCUT2D eigenvalue weighted by atomic mass is 35.5. The van der Waals surface area contributed by atoms with Crippen LogP contribution in [0.1, 0.15) is 52.1 Å². The fraction of sp³-hybridized carbons (Fsp3) is 0.348. The molecule has 2 aliphatic rings. The Morgan fingerprint density at radius 2 is 2.10 bits per heavy atom. The van der Waals surface area contributed by atoms with Crippen LogP contribution in [0.15, 0.2) is 18.2 Å². The lowest BCUT2D eigenvalue weighted by Gasteiger charge is -2.15. The summed E-state index contributed by atoms with van der Waals surface area (Å²) >= 11 is 6.10. The molecule has 3 N–H and O–H groups in total. The van der Waals surface area contributed by atoms with Crippen molar-refractivity contribution in [3.63, 3.8) is 0 Å². The van der Waals surface area contributed by atoms with Crippen molar-refractivity contribution in [2.75, 3.05) is 25.0 Å². The molecule has 7 nitrogen and oxygen atoms in total. The number of nitrogens with one attached hydrogen (secondary N) is 3. The molecule has 0 aliphatic carbocycles. The lowest BCUT2D eigenvalue weighted by Crippen LogP contribution is -2.31. The minimum atomic E-state index is -0.202. The summed E-state index contributed by atoms with van der Waals surface area (Å²) in [6.45, 7) is 5.67. The van der Waals surface area contributed by atoms with E-state index in [2.05, 4.69) is 15.6 Å². The maximum atomic E-state index is 12.8. The number of hydrogen-bond acceptors (Lipinski definition) is 3. The molecule has 4 rings (SSSR count). The first-order valence-corrected chi connectivity index (χ1v) is 10.8. The van der Waals surface area contributed by atoms with Crippen LogP contribution in [0.3, 0.4) is 0 Å². The van der Waals surface area contributed by atoms with Crippen LogP contribution < -0.4 is 10.6 Å². The zero-order valence-electron chi connectivity index (χ0n) is 17.6. The lowest BCUT2D eigenvalue weighted by atomic mass is 10.0. The number of fused-ring (bicyclic) bond motifs is 1. The van der Waals surface area contributed by atoms with Crippen LogP contribution in [0, 0.1) is 13.8 Å². The van der Waals surface area contributed by atoms with Gasteiger partial charge in [-0.25, -0.2) is 0 Å². The number of likely N-dealkylation sites (tertiary alicyclic amines) is 1. The number of carbonyl (C=O) groups excluding carboxylic acids is 3. The summed E-state index contributed by atoms with van der Waals surface area (Å²) in [7, 11) is 0. The first kappa shape index (κ1) is 21.2. The molecule has 3 heterocycles. The number of aromatic nitrogens is 1. The van der Waals surface area contributed by atoms with Gasteiger partial charge in [0, 0.05) is 53.7 Å². The van der Waals surface area contributed by atoms with Crippen molar-refractivity contribution in [2.45, 2.75) is 33.1 Å². The third-order valence-electron chi connectivity index (χ3n) is 5.82. The van der Waals surface area contributed by atoms with Gasteiger partial charge in [-0.05, 0) is 56.5 Å². The van der Waals surface area contributed by atoms with E-state index in [1.165, 1.54) is 0 Å². The average molecular weight is 441 g/mol. The second kappa shape index (κ2) is 8.59. The number of H-pyrrole nitrogens is 1. The highest BCUT2D eigenvalue weighted by Crippen LogP contribution is 2.35. The molecule has 3 amide bonds. The van der Waals surface area contributed by atoms with Gasteiger partial charge in [-0.3, -0.25) is 14.4 Å². The Hall–Kier alpha value is -3.06. The Morgan fingerprint density at radius 3 is 2.84 bits per heavy atom. The molecule has 31 heavy (non-hydrogen) atoms. The summed E-state index contributed by atoms with van der Waals surface area (Å²) in [5.74, 6) is -0.172. The fourth-order valence-corrected chi connectivity index (χ4v) is 4.38. The molecule has 0 unspecified atom stereocenters. The average Bonchev–Trinajstić information content (AvgIpc) is 3.35. The van der Waals surface area contributed by atoms with Crippen LogP contribution >= 0.6 is 11.6 Å². The van der Waals surface area contributed by atoms with Gasteiger partial charge in [-0.1, -0.05) is 11.6 Å². The summed E-state index contributed by atoms with van der Waals surface area (Å²) in [5, 5.41) is 6.33. The molecule has 162 valence electrons. The predicted octanol–water partition coefficient (Wildman–Crippen LogP) is 3.52. The van der Waals surface area contributed by atoms with Crippen LogP contribution in [-0.2, 0) is 9.59 Å². The van der Waals surface area contributed by atoms with Crippen molar-refractivity contribution in [1.82, 2.24) is 15.2 Å². The number of aryl methyl sites for hydroxylation is 1. The molecule has 0 bridgehead atoms. The van der Waals surface area contributed by atoms with Crippen molar-refractivity contribution in [3.05, 3.63) is 51.3 Å². The molecule has 0 spiro atoms. The smallest absolute Gasteiger partial charge is 0.256 e. The number of halogens is 1. The number of hydrogen-bond donors (Lipinski definition) is 3. The SMILES string of the molecule is Cc1[nH]c(C=C2C(=O)Nc3ccc(Cl)cc32)c(C)c1C(=O)NCCCN1CCCC1=O. The van der Waals surface area contributed by atoms with E-state index in [1.54, 1.807) is 24.3 Å². The van der Waals surface area contributed by atoms with Crippen molar-refractivity contribution in [3.8, 4) is 0 Å². The Morgan fingerprint density at radius 1 is 1.29 bits per heavy atom. The summed E-state index contributed by atoms with van der Waals surface area (Å²) in [5.41, 5.74) is 4.77. The third-order valence-corrected chi connectivity index (χ3v) is 6.05. The van der Waals surface area contributed by atoms with Gasteiger partial charge >= 0.3 is 0 Å². The van der Waals surface area contributed by atoms with Gasteiger partial charge in [0.05, 0.1) is 11.1 Å². The molecule has 0 saturated carbocycles. The molecule has 1 fully saturated rings. The van der Waals surface area contributed by atoms with Crippen LogP contribution in [0.4, 0.5) is 5.69 Å². The highest BCUT2D eigenvalue weighted by molar-refractivity contribution is 6.36. The molecule has 1 aromatic heterocycles. The van der Waals surface area contributed by atoms with Crippen molar-refractivity contribution >= 4 is 46.7 Å². The van der Waals surface area contributed by atoms with E-state index in [4.69, 9.17) is 11.6 Å². The minimum absolute atomic E-state index is 0.164. The zero-order chi connectivity index (χ0) is 22.1. The number of anilines is 1. The molecular formula is C23H25ClN4O3. The molecule has 2 aromatic rings. The Kier molecular flexibility index (Phi) is 5.87. The molecule has 0 radical (unpaired) electrons. The van der Waals surface area contributed by atoms with Crippen LogP contribution in [-0.4, -0.2) is 47.2 Å². The monoisotopic (exact) mass is 440 g/mol. The predicted molar refractivity (Wildman–Crippen MR) is 121 cm³/mol. The van der Waals surface area contributed by atoms with Gasteiger partial charge in [-0.2, -0.15) is 0 Å². The Bertz CT molecular complexity index is 1100. The normalized spacial score (nSPS) is 16.7. The highest BCUT2D eigenvalue weighted by Gasteiger charge is 2.26. The van der Waals surface area contributed by atoms with Gasteiger partial charge in [-0.15, -0.1) is 0 Å². The molecule has 2 aliphatic heterocycles. The van der Waals surface area contributed by atoms with Gasteiger partial charge < -0.3 is 20.5 Å². The zero-order valence-corrected chi connectivity index (χ0v) is 18.4. The lowest BCUT2D eigenvalue weighted by molar-refractivity contribution is -0.127. The van der Waals surface area contributed by atoms with E-state index < -0.39 is 0 Å². The van der Waals surface area contributed by atoms with E-state index in [0.29, 0.717) is 47.8 Å². The molecular weight excluding hydrogens is 416 g/mol. The number of carbonyl (C=O) groups is 3. The number of aromatic amines is 1. The Labute approximate surface area is 185 Å². The van der Waals surface area contributed by atoms with Crippen molar-refractivity contribution < 1.29 is 14.4 Å². The van der Waals surface area contributed by atoms with E-state index in [-0.39, 0.29) is 17.7 Å². The van der Waals surface area contributed by atoms with Crippen LogP contribution in [0.2, 0.25) is 5.02 Å². The number of benzene rings is 1. The number of nitrogens with zero attached hydrogens (tertiary/aromatic N) is 1. The quantitative estimate of drug-likeness (QED) is 0.473. The molecule has 1 aromatic carbocycles. The molecule has 8 heteroatoms. The number of amides is 3. The third kappa shape index (κ3) is 4.23. The van der Waals surface area contributed by atoms with Crippen LogP contribution in [0.25, 0.3) is 11.6 Å². The first-order chi connectivity index (χ1) is 14.8. The van der Waals surface area contributed by atoms with Gasteiger partial charge in [0.1, 0.15) is 0 Å². The van der Waals surface area contributed by atoms with Gasteiger partial charge in [0.15, 0.2) is 0 Å². The maximum absolute atomic E-state index is 12.8. The summed E-state index contributed by atoms with van der Waals surface area (Å²) in [4.78, 5) is 42.0. The van der Waals surface area contributed by atoms with Crippen molar-refractivity contribution in [1.29, 1.82) is 0 Å². The summed E-state index contributed by atoms with van der Waals surface area (Å²) in [6.07, 6.45) is 4.02. The second-order valence-electron chi connectivity index (χ2n) is 7.96. The fourth-order valence-electron chi connectivity index (χ4n) is 4.21. The number of rotatable bonds is 6. The van der Waals surface area contributed by atoms with E-state index in [9.17, 15) is 14.4 Å². The van der Waals surface area contributed by atoms with E-state index in [0.717, 1.165) is 35.5 Å². The summed E-state index contributed by atoms with van der Waals surface area (Å²) in [6, 6.07) is 5.26. The standard InChI is InChI=1S/C23H25ClN4O3/c1-13-19(12-17-16-11-15(24)6-7-18(16)27-22(17)30)26-14(2)21(13)23(31)25-8-4-10-28-9-3-5-20(28)29/h6-7,11-12,26H,3-5,8-10H2,1-2H3,(H,25,31)(H,27,30). The van der Waals surface area contributed by atoms with Gasteiger partial charge in [0.2, 0.25) is 5.91 Å². The van der Waals surface area contributed by atoms with E-state index >= 15 is 0 Å². The second-order valence-corrected chi connectivity index (χ2v) is 8.40. The van der Waals surface area contributed by atoms with E-state index in [1.807, 2.05) is 18.7 Å². The Balaban J connectivity index is 1.47.